The van der Waals surface area contributed by atoms with Crippen molar-refractivity contribution in [1.82, 2.24) is 4.98 Å². The highest BCUT2D eigenvalue weighted by molar-refractivity contribution is 6.01. The predicted octanol–water partition coefficient (Wildman–Crippen LogP) is 4.88. The largest absolute Gasteiger partial charge is 0.504 e. The molecule has 0 saturated heterocycles. The lowest BCUT2D eigenvalue weighted by Gasteiger charge is -2.11. The van der Waals surface area contributed by atoms with Gasteiger partial charge in [-0.2, -0.15) is 0 Å². The van der Waals surface area contributed by atoms with Gasteiger partial charge in [-0.1, -0.05) is 12.1 Å². The molecule has 0 spiro atoms. The second-order valence-corrected chi connectivity index (χ2v) is 6.89. The molecule has 0 bridgehead atoms. The van der Waals surface area contributed by atoms with Crippen molar-refractivity contribution in [3.63, 3.8) is 0 Å². The van der Waals surface area contributed by atoms with Crippen molar-refractivity contribution >= 4 is 32.8 Å². The smallest absolute Gasteiger partial charge is 0.197 e. The number of aromatic hydroxyl groups is 1. The van der Waals surface area contributed by atoms with E-state index in [1.807, 2.05) is 18.2 Å². The lowest BCUT2D eigenvalue weighted by atomic mass is 10.1. The second-order valence-electron chi connectivity index (χ2n) is 6.89. The highest BCUT2D eigenvalue weighted by Gasteiger charge is 2.15. The minimum atomic E-state index is -0.0769. The van der Waals surface area contributed by atoms with Crippen molar-refractivity contribution < 1.29 is 19.0 Å². The summed E-state index contributed by atoms with van der Waals surface area (Å²) in [5.41, 5.74) is 2.36. The molecule has 5 rings (SSSR count). The van der Waals surface area contributed by atoms with E-state index in [0.717, 1.165) is 0 Å². The molecule has 148 valence electrons. The summed E-state index contributed by atoms with van der Waals surface area (Å²) in [5.74, 6) is 1.47. The molecule has 6 nitrogen and oxygen atoms in total. The van der Waals surface area contributed by atoms with Crippen LogP contribution in [0.2, 0.25) is 0 Å². The monoisotopic (exact) mass is 399 g/mol. The van der Waals surface area contributed by atoms with Crippen LogP contribution in [0, 0.1) is 0 Å². The molecule has 0 fully saturated rings. The SMILES string of the molecule is COc1cc(-c2cc(OC)c3cc4c(=O)c5ccccc5nc4cc3o2)ccc1O. The number of benzene rings is 3. The summed E-state index contributed by atoms with van der Waals surface area (Å²) in [6.07, 6.45) is 0. The van der Waals surface area contributed by atoms with Gasteiger partial charge in [-0.3, -0.25) is 4.79 Å². The van der Waals surface area contributed by atoms with Crippen molar-refractivity contribution in [2.45, 2.75) is 0 Å². The average molecular weight is 399 g/mol. The zero-order valence-electron chi connectivity index (χ0n) is 16.3. The number of fused-ring (bicyclic) bond motifs is 3. The van der Waals surface area contributed by atoms with E-state index in [9.17, 15) is 9.90 Å². The Bertz CT molecular complexity index is 1500. The lowest BCUT2D eigenvalue weighted by Crippen LogP contribution is -2.04. The molecular weight excluding hydrogens is 382 g/mol. The van der Waals surface area contributed by atoms with Crippen molar-refractivity contribution in [3.8, 4) is 28.6 Å². The number of ether oxygens (including phenoxy) is 2. The molecule has 0 aliphatic rings. The van der Waals surface area contributed by atoms with E-state index in [-0.39, 0.29) is 11.2 Å². The van der Waals surface area contributed by atoms with Crippen molar-refractivity contribution in [2.24, 2.45) is 0 Å². The number of para-hydroxylation sites is 1. The van der Waals surface area contributed by atoms with Gasteiger partial charge < -0.3 is 19.0 Å². The predicted molar refractivity (Wildman–Crippen MR) is 115 cm³/mol. The van der Waals surface area contributed by atoms with Crippen LogP contribution >= 0.6 is 0 Å². The molecule has 0 unspecified atom stereocenters. The molecule has 3 aromatic carbocycles. The van der Waals surface area contributed by atoms with E-state index in [0.29, 0.717) is 55.6 Å². The number of hydrogen-bond donors (Lipinski definition) is 1. The number of aromatic nitrogens is 1. The molecule has 5 aromatic rings. The Hall–Kier alpha value is -4.06. The quantitative estimate of drug-likeness (QED) is 0.435. The van der Waals surface area contributed by atoms with Crippen LogP contribution in [0.25, 0.3) is 44.1 Å². The zero-order valence-corrected chi connectivity index (χ0v) is 16.3. The van der Waals surface area contributed by atoms with Crippen LogP contribution in [-0.2, 0) is 0 Å². The van der Waals surface area contributed by atoms with Gasteiger partial charge in [0.1, 0.15) is 17.1 Å². The maximum atomic E-state index is 13.0. The first-order valence-electron chi connectivity index (χ1n) is 9.31. The van der Waals surface area contributed by atoms with Gasteiger partial charge in [0.15, 0.2) is 16.9 Å². The number of phenolic OH excluding ortho intramolecular Hbond substituents is 1. The molecule has 0 saturated carbocycles. The van der Waals surface area contributed by atoms with Crippen LogP contribution in [0.3, 0.4) is 0 Å². The van der Waals surface area contributed by atoms with Crippen molar-refractivity contribution in [3.05, 3.63) is 70.9 Å². The van der Waals surface area contributed by atoms with Gasteiger partial charge in [-0.15, -0.1) is 0 Å². The first-order valence-corrected chi connectivity index (χ1v) is 9.31. The number of phenols is 1. The maximum absolute atomic E-state index is 13.0. The number of nitrogens with zero attached hydrogens (tertiary/aromatic N) is 1. The molecule has 0 radical (unpaired) electrons. The molecule has 0 atom stereocenters. The number of rotatable bonds is 3. The maximum Gasteiger partial charge on any atom is 0.197 e. The van der Waals surface area contributed by atoms with E-state index < -0.39 is 0 Å². The van der Waals surface area contributed by atoms with Crippen molar-refractivity contribution in [2.75, 3.05) is 14.2 Å². The Morgan fingerprint density at radius 1 is 0.833 bits per heavy atom. The normalized spacial score (nSPS) is 11.3. The van der Waals surface area contributed by atoms with Gasteiger partial charge in [0.05, 0.1) is 30.6 Å². The minimum absolute atomic E-state index is 0.0408. The minimum Gasteiger partial charge on any atom is -0.504 e. The molecule has 0 aliphatic carbocycles. The molecule has 30 heavy (non-hydrogen) atoms. The Labute approximate surface area is 170 Å². The van der Waals surface area contributed by atoms with Gasteiger partial charge in [-0.25, -0.2) is 4.98 Å². The Morgan fingerprint density at radius 3 is 2.43 bits per heavy atom. The van der Waals surface area contributed by atoms with Crippen molar-refractivity contribution in [1.29, 1.82) is 0 Å². The fourth-order valence-electron chi connectivity index (χ4n) is 3.65. The topological polar surface area (TPSA) is 81.8 Å². The summed E-state index contributed by atoms with van der Waals surface area (Å²) in [5, 5.41) is 11.6. The Kier molecular flexibility index (Phi) is 4.06. The van der Waals surface area contributed by atoms with E-state index in [1.165, 1.54) is 13.2 Å². The van der Waals surface area contributed by atoms with Crippen LogP contribution in [0.15, 0.2) is 69.9 Å². The molecular formula is C24H17NO5. The summed E-state index contributed by atoms with van der Waals surface area (Å²) in [6, 6.07) is 17.5. The highest BCUT2D eigenvalue weighted by Crippen LogP contribution is 2.37. The highest BCUT2D eigenvalue weighted by atomic mass is 16.5. The van der Waals surface area contributed by atoms with Crippen LogP contribution in [0.5, 0.6) is 17.2 Å². The van der Waals surface area contributed by atoms with Gasteiger partial charge in [0.2, 0.25) is 0 Å². The lowest BCUT2D eigenvalue weighted by molar-refractivity contribution is 0.373. The van der Waals surface area contributed by atoms with Gasteiger partial charge in [0.25, 0.3) is 0 Å². The summed E-state index contributed by atoms with van der Waals surface area (Å²) >= 11 is 0. The molecule has 0 amide bonds. The average Bonchev–Trinajstić information content (AvgIpc) is 2.77. The molecule has 2 aromatic heterocycles. The summed E-state index contributed by atoms with van der Waals surface area (Å²) in [6.45, 7) is 0. The van der Waals surface area contributed by atoms with Gasteiger partial charge >= 0.3 is 0 Å². The summed E-state index contributed by atoms with van der Waals surface area (Å²) in [4.78, 5) is 17.6. The molecule has 1 N–H and O–H groups in total. The molecule has 6 heteroatoms. The first kappa shape index (κ1) is 18.0. The zero-order chi connectivity index (χ0) is 20.8. The number of hydrogen-bond acceptors (Lipinski definition) is 6. The number of methoxy groups -OCH3 is 2. The third kappa shape index (κ3) is 2.73. The summed E-state index contributed by atoms with van der Waals surface area (Å²) in [7, 11) is 3.05. The fourth-order valence-corrected chi connectivity index (χ4v) is 3.65. The molecule has 2 heterocycles. The van der Waals surface area contributed by atoms with E-state index in [2.05, 4.69) is 4.98 Å². The number of pyridine rings is 1. The van der Waals surface area contributed by atoms with Crippen LogP contribution in [0.4, 0.5) is 0 Å². The molecule has 0 aliphatic heterocycles. The Morgan fingerprint density at radius 2 is 1.63 bits per heavy atom. The van der Waals surface area contributed by atoms with E-state index in [4.69, 9.17) is 13.9 Å². The fraction of sp³-hybridized carbons (Fsp3) is 0.0833. The van der Waals surface area contributed by atoms with Gasteiger partial charge in [-0.05, 0) is 36.4 Å². The van der Waals surface area contributed by atoms with E-state index >= 15 is 0 Å². The standard InChI is InChI=1S/C24H17NO5/c1-28-21-12-20(13-7-8-19(26)23(9-13)29-2)30-22-11-18-15(10-16(21)22)24(27)14-5-3-4-6-17(14)25-18/h3-12,26H,1-2H3. The first-order chi connectivity index (χ1) is 14.6. The summed E-state index contributed by atoms with van der Waals surface area (Å²) < 4.78 is 16.9. The second kappa shape index (κ2) is 6.77. The van der Waals surface area contributed by atoms with Crippen LogP contribution < -0.4 is 14.9 Å². The van der Waals surface area contributed by atoms with Crippen LogP contribution in [-0.4, -0.2) is 24.3 Å². The van der Waals surface area contributed by atoms with Crippen LogP contribution in [0.1, 0.15) is 0 Å². The van der Waals surface area contributed by atoms with Gasteiger partial charge in [0, 0.05) is 28.5 Å². The van der Waals surface area contributed by atoms with E-state index in [1.54, 1.807) is 43.5 Å². The Balaban J connectivity index is 1.81. The third-order valence-corrected chi connectivity index (χ3v) is 5.16. The third-order valence-electron chi connectivity index (χ3n) is 5.16.